The van der Waals surface area contributed by atoms with Crippen molar-refractivity contribution in [2.45, 2.75) is 25.7 Å². The van der Waals surface area contributed by atoms with Crippen molar-refractivity contribution in [3.05, 3.63) is 0 Å². The van der Waals surface area contributed by atoms with E-state index < -0.39 is 5.41 Å². The van der Waals surface area contributed by atoms with Gasteiger partial charge in [-0.3, -0.25) is 9.59 Å². The molecule has 106 valence electrons. The Labute approximate surface area is 113 Å². The first kappa shape index (κ1) is 15.4. The zero-order valence-corrected chi connectivity index (χ0v) is 11.5. The number of carbonyl (C=O) groups is 2. The molecule has 0 N–H and O–H groups in total. The largest absolute Gasteiger partial charge is 0.469 e. The summed E-state index contributed by atoms with van der Waals surface area (Å²) >= 11 is 0. The summed E-state index contributed by atoms with van der Waals surface area (Å²) < 4.78 is 9.74. The molecule has 1 saturated heterocycles. The van der Waals surface area contributed by atoms with Crippen LogP contribution in [0.1, 0.15) is 25.7 Å². The number of hydrogen-bond donors (Lipinski definition) is 0. The molecule has 0 spiro atoms. The van der Waals surface area contributed by atoms with Crippen LogP contribution in [0.4, 0.5) is 0 Å². The predicted octanol–water partition coefficient (Wildman–Crippen LogP) is 0.718. The molecule has 0 bridgehead atoms. The van der Waals surface area contributed by atoms with Crippen LogP contribution in [0.3, 0.4) is 0 Å². The third-order valence-corrected chi connectivity index (χ3v) is 3.42. The van der Waals surface area contributed by atoms with E-state index in [0.717, 1.165) is 0 Å². The number of nitrogens with zero attached hydrogens (tertiary/aromatic N) is 2. The quantitative estimate of drug-likeness (QED) is 0.686. The fourth-order valence-electron chi connectivity index (χ4n) is 2.12. The monoisotopic (exact) mass is 268 g/mol. The van der Waals surface area contributed by atoms with Crippen molar-refractivity contribution in [1.29, 1.82) is 5.26 Å². The van der Waals surface area contributed by atoms with Gasteiger partial charge in [0.15, 0.2) is 0 Å². The molecule has 0 unspecified atom stereocenters. The van der Waals surface area contributed by atoms with Crippen molar-refractivity contribution in [3.8, 4) is 6.07 Å². The van der Waals surface area contributed by atoms with Gasteiger partial charge in [-0.05, 0) is 19.3 Å². The maximum Gasteiger partial charge on any atom is 0.305 e. The van der Waals surface area contributed by atoms with Gasteiger partial charge in [0.25, 0.3) is 0 Å². The van der Waals surface area contributed by atoms with E-state index in [-0.39, 0.29) is 18.3 Å². The Balaban J connectivity index is 2.51. The number of esters is 1. The van der Waals surface area contributed by atoms with E-state index in [1.54, 1.807) is 7.05 Å². The van der Waals surface area contributed by atoms with Crippen molar-refractivity contribution in [3.63, 3.8) is 0 Å². The highest BCUT2D eigenvalue weighted by molar-refractivity contribution is 5.85. The lowest BCUT2D eigenvalue weighted by atomic mass is 9.80. The molecule has 1 aliphatic rings. The van der Waals surface area contributed by atoms with Crippen molar-refractivity contribution >= 4 is 11.9 Å². The van der Waals surface area contributed by atoms with E-state index in [0.29, 0.717) is 39.0 Å². The standard InChI is InChI=1S/C13H20N2O4/c1-15(7-3-4-11(16)18-2)12(17)13(10-14)5-8-19-9-6-13/h3-9H2,1-2H3. The predicted molar refractivity (Wildman–Crippen MR) is 67.0 cm³/mol. The van der Waals surface area contributed by atoms with Gasteiger partial charge in [-0.25, -0.2) is 0 Å². The fraction of sp³-hybridized carbons (Fsp3) is 0.769. The van der Waals surface area contributed by atoms with Gasteiger partial charge in [-0.1, -0.05) is 0 Å². The molecule has 0 aromatic heterocycles. The summed E-state index contributed by atoms with van der Waals surface area (Å²) in [4.78, 5) is 24.8. The van der Waals surface area contributed by atoms with Crippen LogP contribution in [0.25, 0.3) is 0 Å². The molecule has 0 aliphatic carbocycles. The molecule has 0 atom stereocenters. The minimum Gasteiger partial charge on any atom is -0.469 e. The third-order valence-electron chi connectivity index (χ3n) is 3.42. The number of ether oxygens (including phenoxy) is 2. The minimum atomic E-state index is -0.960. The van der Waals surface area contributed by atoms with E-state index in [9.17, 15) is 14.9 Å². The number of rotatable bonds is 5. The Morgan fingerprint density at radius 3 is 2.58 bits per heavy atom. The molecule has 1 heterocycles. The van der Waals surface area contributed by atoms with E-state index in [2.05, 4.69) is 10.8 Å². The summed E-state index contributed by atoms with van der Waals surface area (Å²) in [6.45, 7) is 1.32. The second-order valence-corrected chi connectivity index (χ2v) is 4.71. The second-order valence-electron chi connectivity index (χ2n) is 4.71. The highest BCUT2D eigenvalue weighted by atomic mass is 16.5. The maximum atomic E-state index is 12.3. The Kier molecular flexibility index (Phi) is 5.77. The fourth-order valence-corrected chi connectivity index (χ4v) is 2.12. The van der Waals surface area contributed by atoms with Gasteiger partial charge < -0.3 is 14.4 Å². The van der Waals surface area contributed by atoms with Crippen LogP contribution in [-0.2, 0) is 19.1 Å². The van der Waals surface area contributed by atoms with Crippen LogP contribution in [0, 0.1) is 16.7 Å². The highest BCUT2D eigenvalue weighted by Crippen LogP contribution is 2.31. The highest BCUT2D eigenvalue weighted by Gasteiger charge is 2.42. The average Bonchev–Trinajstić information content (AvgIpc) is 2.46. The molecule has 0 aromatic rings. The number of carbonyl (C=O) groups excluding carboxylic acids is 2. The lowest BCUT2D eigenvalue weighted by Gasteiger charge is -2.33. The third kappa shape index (κ3) is 3.93. The van der Waals surface area contributed by atoms with E-state index >= 15 is 0 Å². The van der Waals surface area contributed by atoms with Crippen LogP contribution in [0.15, 0.2) is 0 Å². The molecule has 1 fully saturated rings. The first-order valence-electron chi connectivity index (χ1n) is 6.37. The first-order valence-corrected chi connectivity index (χ1v) is 6.37. The number of nitriles is 1. The molecule has 1 aliphatic heterocycles. The maximum absolute atomic E-state index is 12.3. The summed E-state index contributed by atoms with van der Waals surface area (Å²) in [5.74, 6) is -0.468. The summed E-state index contributed by atoms with van der Waals surface area (Å²) in [6, 6.07) is 2.15. The van der Waals surface area contributed by atoms with Crippen molar-refractivity contribution < 1.29 is 19.1 Å². The first-order chi connectivity index (χ1) is 9.05. The Morgan fingerprint density at radius 2 is 2.05 bits per heavy atom. The van der Waals surface area contributed by atoms with Gasteiger partial charge in [0.05, 0.1) is 13.2 Å². The Hall–Kier alpha value is -1.61. The molecular formula is C13H20N2O4. The summed E-state index contributed by atoms with van der Waals surface area (Å²) in [6.07, 6.45) is 1.68. The minimum absolute atomic E-state index is 0.178. The lowest BCUT2D eigenvalue weighted by molar-refractivity contribution is -0.144. The van der Waals surface area contributed by atoms with Crippen molar-refractivity contribution in [2.75, 3.05) is 33.9 Å². The topological polar surface area (TPSA) is 79.6 Å². The van der Waals surface area contributed by atoms with Gasteiger partial charge >= 0.3 is 5.97 Å². The lowest BCUT2D eigenvalue weighted by Crippen LogP contribution is -2.45. The summed E-state index contributed by atoms with van der Waals surface area (Å²) in [7, 11) is 3.00. The van der Waals surface area contributed by atoms with Gasteiger partial charge in [0.2, 0.25) is 5.91 Å². The SMILES string of the molecule is COC(=O)CCCN(C)C(=O)C1(C#N)CCOCC1. The van der Waals surface area contributed by atoms with Crippen LogP contribution in [-0.4, -0.2) is 50.7 Å². The molecular weight excluding hydrogens is 248 g/mol. The molecule has 1 rings (SSSR count). The molecule has 1 amide bonds. The van der Waals surface area contributed by atoms with Gasteiger partial charge in [-0.15, -0.1) is 0 Å². The van der Waals surface area contributed by atoms with Crippen LogP contribution < -0.4 is 0 Å². The summed E-state index contributed by atoms with van der Waals surface area (Å²) in [5, 5.41) is 9.29. The molecule has 0 radical (unpaired) electrons. The van der Waals surface area contributed by atoms with Crippen molar-refractivity contribution in [1.82, 2.24) is 4.90 Å². The number of methoxy groups -OCH3 is 1. The van der Waals surface area contributed by atoms with Gasteiger partial charge in [0.1, 0.15) is 5.41 Å². The molecule has 0 saturated carbocycles. The smallest absolute Gasteiger partial charge is 0.305 e. The Bertz CT molecular complexity index is 369. The van der Waals surface area contributed by atoms with Crippen LogP contribution in [0.5, 0.6) is 0 Å². The van der Waals surface area contributed by atoms with Crippen molar-refractivity contribution in [2.24, 2.45) is 5.41 Å². The summed E-state index contributed by atoms with van der Waals surface area (Å²) in [5.41, 5.74) is -0.960. The van der Waals surface area contributed by atoms with Crippen LogP contribution in [0.2, 0.25) is 0 Å². The van der Waals surface area contributed by atoms with Gasteiger partial charge in [-0.2, -0.15) is 5.26 Å². The second kappa shape index (κ2) is 7.10. The van der Waals surface area contributed by atoms with Crippen LogP contribution >= 0.6 is 0 Å². The normalized spacial score (nSPS) is 17.3. The molecule has 6 nitrogen and oxygen atoms in total. The van der Waals surface area contributed by atoms with E-state index in [1.807, 2.05) is 0 Å². The number of hydrogen-bond acceptors (Lipinski definition) is 5. The molecule has 19 heavy (non-hydrogen) atoms. The van der Waals surface area contributed by atoms with E-state index in [4.69, 9.17) is 4.74 Å². The zero-order chi connectivity index (χ0) is 14.3. The van der Waals surface area contributed by atoms with E-state index in [1.165, 1.54) is 12.0 Å². The molecule has 0 aromatic carbocycles. The zero-order valence-electron chi connectivity index (χ0n) is 11.5. The Morgan fingerprint density at radius 1 is 1.42 bits per heavy atom. The molecule has 6 heteroatoms. The average molecular weight is 268 g/mol. The van der Waals surface area contributed by atoms with Gasteiger partial charge in [0, 0.05) is 33.2 Å². The number of amides is 1.